The predicted octanol–water partition coefficient (Wildman–Crippen LogP) is 0.668. The number of sulfonamides is 1. The van der Waals surface area contributed by atoms with E-state index in [9.17, 15) is 13.5 Å². The van der Waals surface area contributed by atoms with E-state index in [0.29, 0.717) is 18.3 Å². The van der Waals surface area contributed by atoms with Crippen molar-refractivity contribution in [2.75, 3.05) is 13.2 Å². The number of rotatable bonds is 5. The molecule has 1 aliphatic heterocycles. The van der Waals surface area contributed by atoms with Gasteiger partial charge in [0.2, 0.25) is 21.8 Å². The summed E-state index contributed by atoms with van der Waals surface area (Å²) in [6.45, 7) is 3.86. The van der Waals surface area contributed by atoms with Crippen LogP contribution in [0.5, 0.6) is 5.88 Å². The summed E-state index contributed by atoms with van der Waals surface area (Å²) in [6, 6.07) is 2.22. The number of pyridine rings is 1. The van der Waals surface area contributed by atoms with Gasteiger partial charge in [-0.05, 0) is 19.9 Å². The molecule has 0 amide bonds. The van der Waals surface area contributed by atoms with Crippen LogP contribution in [-0.2, 0) is 10.0 Å². The van der Waals surface area contributed by atoms with Crippen LogP contribution in [0.2, 0.25) is 0 Å². The zero-order valence-electron chi connectivity index (χ0n) is 13.3. The molecule has 1 saturated heterocycles. The number of aliphatic hydroxyl groups excluding tert-OH is 1. The van der Waals surface area contributed by atoms with Crippen LogP contribution in [0.1, 0.15) is 31.1 Å². The summed E-state index contributed by atoms with van der Waals surface area (Å²) >= 11 is 0. The molecule has 0 spiro atoms. The molecule has 2 atom stereocenters. The van der Waals surface area contributed by atoms with E-state index in [1.807, 2.05) is 6.92 Å². The highest BCUT2D eigenvalue weighted by molar-refractivity contribution is 7.89. The third-order valence-electron chi connectivity index (χ3n) is 3.67. The molecule has 1 aliphatic rings. The van der Waals surface area contributed by atoms with Gasteiger partial charge in [0.15, 0.2) is 5.82 Å². The van der Waals surface area contributed by atoms with Crippen molar-refractivity contribution in [2.24, 2.45) is 0 Å². The van der Waals surface area contributed by atoms with Crippen LogP contribution < -0.4 is 4.74 Å². The number of hydrogen-bond acceptors (Lipinski definition) is 8. The minimum absolute atomic E-state index is 0.0151. The molecule has 2 aromatic rings. The van der Waals surface area contributed by atoms with Gasteiger partial charge in [0.05, 0.1) is 18.9 Å². The molecule has 1 fully saturated rings. The van der Waals surface area contributed by atoms with Crippen LogP contribution in [0.25, 0.3) is 0 Å². The fraction of sp³-hybridized carbons (Fsp3) is 0.500. The van der Waals surface area contributed by atoms with E-state index in [1.54, 1.807) is 6.92 Å². The third kappa shape index (κ3) is 3.12. The van der Waals surface area contributed by atoms with Crippen molar-refractivity contribution in [1.29, 1.82) is 0 Å². The zero-order valence-corrected chi connectivity index (χ0v) is 14.1. The molecule has 0 radical (unpaired) electrons. The summed E-state index contributed by atoms with van der Waals surface area (Å²) in [6.07, 6.45) is 0.638. The van der Waals surface area contributed by atoms with E-state index in [0.717, 1.165) is 0 Å². The van der Waals surface area contributed by atoms with Crippen molar-refractivity contribution in [3.63, 3.8) is 0 Å². The van der Waals surface area contributed by atoms with Crippen molar-refractivity contribution in [3.8, 4) is 5.88 Å². The number of aromatic nitrogens is 3. The second-order valence-electron chi connectivity index (χ2n) is 5.43. The first-order valence-electron chi connectivity index (χ1n) is 7.50. The quantitative estimate of drug-likeness (QED) is 0.832. The van der Waals surface area contributed by atoms with Crippen molar-refractivity contribution in [3.05, 3.63) is 30.0 Å². The number of aryl methyl sites for hydroxylation is 1. The number of β-amino-alcohol motifs (C(OH)–C–C–N with tert-alkyl or cyclic N) is 1. The SMILES string of the molecule is CCOc1ccc(S(=O)(=O)N2C[C@@H](O)C[C@@H]2c2nc(C)no2)cn1. The summed E-state index contributed by atoms with van der Waals surface area (Å²) < 4.78 is 37.2. The normalized spacial score (nSPS) is 22.0. The number of aliphatic hydroxyl groups is 1. The molecule has 9 nitrogen and oxygen atoms in total. The van der Waals surface area contributed by atoms with Crippen LogP contribution in [0.3, 0.4) is 0 Å². The maximum atomic E-state index is 12.9. The second kappa shape index (κ2) is 6.46. The standard InChI is InChI=1S/C14H18N4O5S/c1-3-22-13-5-4-11(7-15-13)24(20,21)18-8-10(19)6-12(18)14-16-9(2)17-23-14/h4-5,7,10,12,19H,3,6,8H2,1-2H3/t10-,12+/m0/s1. The van der Waals surface area contributed by atoms with Crippen molar-refractivity contribution < 1.29 is 22.8 Å². The number of hydrogen-bond donors (Lipinski definition) is 1. The van der Waals surface area contributed by atoms with E-state index in [-0.39, 0.29) is 23.8 Å². The molecule has 0 aliphatic carbocycles. The van der Waals surface area contributed by atoms with Crippen LogP contribution in [-0.4, -0.2) is 52.2 Å². The van der Waals surface area contributed by atoms with Crippen molar-refractivity contribution in [1.82, 2.24) is 19.4 Å². The number of nitrogens with zero attached hydrogens (tertiary/aromatic N) is 4. The molecule has 3 rings (SSSR count). The Balaban J connectivity index is 1.92. The maximum absolute atomic E-state index is 12.9. The molecule has 24 heavy (non-hydrogen) atoms. The lowest BCUT2D eigenvalue weighted by Gasteiger charge is -2.21. The Morgan fingerprint density at radius 2 is 2.25 bits per heavy atom. The lowest BCUT2D eigenvalue weighted by molar-refractivity contribution is 0.188. The van der Waals surface area contributed by atoms with Crippen LogP contribution in [0, 0.1) is 6.92 Å². The van der Waals surface area contributed by atoms with Crippen LogP contribution >= 0.6 is 0 Å². The monoisotopic (exact) mass is 354 g/mol. The van der Waals surface area contributed by atoms with Gasteiger partial charge in [-0.2, -0.15) is 9.29 Å². The maximum Gasteiger partial charge on any atom is 0.245 e. The molecule has 0 bridgehead atoms. The van der Waals surface area contributed by atoms with Crippen molar-refractivity contribution >= 4 is 10.0 Å². The predicted molar refractivity (Wildman–Crippen MR) is 81.7 cm³/mol. The highest BCUT2D eigenvalue weighted by Crippen LogP contribution is 2.36. The summed E-state index contributed by atoms with van der Waals surface area (Å²) in [5, 5.41) is 13.6. The Morgan fingerprint density at radius 1 is 1.46 bits per heavy atom. The molecule has 0 saturated carbocycles. The van der Waals surface area contributed by atoms with Gasteiger partial charge in [-0.1, -0.05) is 5.16 Å². The Labute approximate surface area is 139 Å². The van der Waals surface area contributed by atoms with Gasteiger partial charge >= 0.3 is 0 Å². The molecule has 1 N–H and O–H groups in total. The zero-order chi connectivity index (χ0) is 17.3. The summed E-state index contributed by atoms with van der Waals surface area (Å²) in [4.78, 5) is 8.09. The minimum atomic E-state index is -3.86. The van der Waals surface area contributed by atoms with Gasteiger partial charge in [-0.3, -0.25) is 0 Å². The topological polar surface area (TPSA) is 119 Å². The fourth-order valence-corrected chi connectivity index (χ4v) is 4.19. The van der Waals surface area contributed by atoms with E-state index >= 15 is 0 Å². The Hall–Kier alpha value is -2.04. The van der Waals surface area contributed by atoms with E-state index in [4.69, 9.17) is 9.26 Å². The van der Waals surface area contributed by atoms with E-state index in [2.05, 4.69) is 15.1 Å². The van der Waals surface area contributed by atoms with Gasteiger partial charge in [0.1, 0.15) is 10.9 Å². The lowest BCUT2D eigenvalue weighted by Crippen LogP contribution is -2.32. The minimum Gasteiger partial charge on any atom is -0.478 e. The molecule has 0 aromatic carbocycles. The van der Waals surface area contributed by atoms with Gasteiger partial charge in [0.25, 0.3) is 0 Å². The third-order valence-corrected chi connectivity index (χ3v) is 5.53. The highest BCUT2D eigenvalue weighted by Gasteiger charge is 2.43. The smallest absolute Gasteiger partial charge is 0.245 e. The first-order valence-corrected chi connectivity index (χ1v) is 8.94. The molecule has 2 aromatic heterocycles. The van der Waals surface area contributed by atoms with Crippen LogP contribution in [0.15, 0.2) is 27.7 Å². The summed E-state index contributed by atoms with van der Waals surface area (Å²) in [7, 11) is -3.86. The van der Waals surface area contributed by atoms with Crippen molar-refractivity contribution in [2.45, 2.75) is 37.3 Å². The lowest BCUT2D eigenvalue weighted by atomic mass is 10.2. The first kappa shape index (κ1) is 16.8. The Bertz CT molecular complexity index is 805. The number of ether oxygens (including phenoxy) is 1. The molecular weight excluding hydrogens is 336 g/mol. The van der Waals surface area contributed by atoms with Gasteiger partial charge in [-0.25, -0.2) is 13.4 Å². The first-order chi connectivity index (χ1) is 11.4. The Kier molecular flexibility index (Phi) is 4.52. The fourth-order valence-electron chi connectivity index (χ4n) is 2.61. The molecule has 0 unspecified atom stereocenters. The highest BCUT2D eigenvalue weighted by atomic mass is 32.2. The van der Waals surface area contributed by atoms with Gasteiger partial charge < -0.3 is 14.4 Å². The average Bonchev–Trinajstić information content (AvgIpc) is 3.14. The average molecular weight is 354 g/mol. The largest absolute Gasteiger partial charge is 0.478 e. The van der Waals surface area contributed by atoms with E-state index < -0.39 is 22.2 Å². The molecule has 130 valence electrons. The van der Waals surface area contributed by atoms with Gasteiger partial charge in [-0.15, -0.1) is 0 Å². The summed E-state index contributed by atoms with van der Waals surface area (Å²) in [5.74, 6) is 0.931. The summed E-state index contributed by atoms with van der Waals surface area (Å²) in [5.41, 5.74) is 0. The molecule has 10 heteroatoms. The Morgan fingerprint density at radius 3 is 2.83 bits per heavy atom. The molecular formula is C14H18N4O5S. The van der Waals surface area contributed by atoms with E-state index in [1.165, 1.54) is 22.6 Å². The van der Waals surface area contributed by atoms with Crippen LogP contribution in [0.4, 0.5) is 0 Å². The second-order valence-corrected chi connectivity index (χ2v) is 7.32. The van der Waals surface area contributed by atoms with Gasteiger partial charge in [0, 0.05) is 19.0 Å². The molecule has 3 heterocycles.